The highest BCUT2D eigenvalue weighted by atomic mass is 16.3. The largest absolute Gasteiger partial charge is 0.396 e. The lowest BCUT2D eigenvalue weighted by atomic mass is 9.78. The lowest BCUT2D eigenvalue weighted by Crippen LogP contribution is -2.40. The van der Waals surface area contributed by atoms with E-state index in [4.69, 9.17) is 0 Å². The summed E-state index contributed by atoms with van der Waals surface area (Å²) in [6.07, 6.45) is 7.77. The zero-order valence-electron chi connectivity index (χ0n) is 20.7. The van der Waals surface area contributed by atoms with Crippen LogP contribution in [0.15, 0.2) is 54.6 Å². The molecule has 0 aliphatic heterocycles. The van der Waals surface area contributed by atoms with Crippen LogP contribution in [-0.4, -0.2) is 40.0 Å². The Morgan fingerprint density at radius 2 is 1.71 bits per heavy atom. The second-order valence-electron chi connectivity index (χ2n) is 10.7. The fraction of sp³-hybridized carbons (Fsp3) is 0.567. The number of hydrogen-bond donors (Lipinski definition) is 4. The van der Waals surface area contributed by atoms with Gasteiger partial charge in [-0.2, -0.15) is 0 Å². The molecule has 2 aliphatic carbocycles. The number of carbonyl (C=O) groups excluding carboxylic acids is 1. The molecular weight excluding hydrogens is 438 g/mol. The second-order valence-corrected chi connectivity index (χ2v) is 10.7. The molecule has 0 saturated heterocycles. The van der Waals surface area contributed by atoms with E-state index in [0.717, 1.165) is 23.1 Å². The monoisotopic (exact) mass is 479 g/mol. The molecule has 1 amide bonds. The molecular formula is C30H41NO4. The van der Waals surface area contributed by atoms with E-state index in [0.29, 0.717) is 31.6 Å². The molecule has 0 unspecified atom stereocenters. The average molecular weight is 480 g/mol. The zero-order chi connectivity index (χ0) is 24.6. The number of amides is 1. The Bertz CT molecular complexity index is 927. The maximum atomic E-state index is 13.6. The molecule has 5 nitrogen and oxygen atoms in total. The minimum absolute atomic E-state index is 0.00744. The van der Waals surface area contributed by atoms with Crippen molar-refractivity contribution in [2.75, 3.05) is 6.61 Å². The first-order valence-electron chi connectivity index (χ1n) is 13.4. The molecule has 5 atom stereocenters. The number of hydrogen-bond acceptors (Lipinski definition) is 4. The SMILES string of the molecule is O=C(N[C@H]1c2ccccc2C[C@H]1O)[C@@H](Cc1ccccc1)C[C@H](O)[C@@H](CCO)CC1CCCCC1. The smallest absolute Gasteiger partial charge is 0.224 e. The fourth-order valence-electron chi connectivity index (χ4n) is 6.17. The van der Waals surface area contributed by atoms with Gasteiger partial charge >= 0.3 is 0 Å². The summed E-state index contributed by atoms with van der Waals surface area (Å²) in [5.41, 5.74) is 3.10. The zero-order valence-corrected chi connectivity index (χ0v) is 20.7. The number of carbonyl (C=O) groups is 1. The Labute approximate surface area is 209 Å². The summed E-state index contributed by atoms with van der Waals surface area (Å²) in [6, 6.07) is 17.4. The molecule has 1 saturated carbocycles. The summed E-state index contributed by atoms with van der Waals surface area (Å²) < 4.78 is 0. The van der Waals surface area contributed by atoms with Gasteiger partial charge in [0, 0.05) is 18.9 Å². The van der Waals surface area contributed by atoms with Crippen LogP contribution in [0.5, 0.6) is 0 Å². The Morgan fingerprint density at radius 3 is 2.46 bits per heavy atom. The molecule has 2 aromatic carbocycles. The van der Waals surface area contributed by atoms with Crippen molar-refractivity contribution in [1.29, 1.82) is 0 Å². The van der Waals surface area contributed by atoms with Gasteiger partial charge < -0.3 is 20.6 Å². The highest BCUT2D eigenvalue weighted by Gasteiger charge is 2.35. The average Bonchev–Trinajstić information content (AvgIpc) is 3.19. The van der Waals surface area contributed by atoms with E-state index in [1.165, 1.54) is 32.1 Å². The Hall–Kier alpha value is -2.21. The standard InChI is InChI=1S/C30H41NO4/c32-16-15-24(17-21-9-3-1-4-10-21)27(33)20-25(18-22-11-5-2-6-12-22)30(35)31-29-26-14-8-7-13-23(26)19-28(29)34/h2,5-8,11-14,21,24-25,27-29,32-34H,1,3-4,9-10,15-20H2,(H,31,35)/t24-,25-,27-,28+,29-/m0/s1. The summed E-state index contributed by atoms with van der Waals surface area (Å²) in [4.78, 5) is 13.6. The van der Waals surface area contributed by atoms with Gasteiger partial charge in [0.05, 0.1) is 18.2 Å². The summed E-state index contributed by atoms with van der Waals surface area (Å²) in [5, 5.41) is 34.8. The van der Waals surface area contributed by atoms with Gasteiger partial charge in [0.25, 0.3) is 0 Å². The highest BCUT2D eigenvalue weighted by Crippen LogP contribution is 2.34. The van der Waals surface area contributed by atoms with Crippen molar-refractivity contribution in [2.45, 2.75) is 82.5 Å². The van der Waals surface area contributed by atoms with Crippen LogP contribution >= 0.6 is 0 Å². The van der Waals surface area contributed by atoms with Crippen LogP contribution in [0.3, 0.4) is 0 Å². The first-order valence-corrected chi connectivity index (χ1v) is 13.4. The van der Waals surface area contributed by atoms with Crippen LogP contribution < -0.4 is 5.32 Å². The summed E-state index contributed by atoms with van der Waals surface area (Å²) in [6.45, 7) is 0.0506. The van der Waals surface area contributed by atoms with Crippen molar-refractivity contribution >= 4 is 5.91 Å². The molecule has 4 rings (SSSR count). The summed E-state index contributed by atoms with van der Waals surface area (Å²) >= 11 is 0. The number of fused-ring (bicyclic) bond motifs is 1. The first-order chi connectivity index (χ1) is 17.0. The van der Waals surface area contributed by atoms with Crippen molar-refractivity contribution < 1.29 is 20.1 Å². The minimum Gasteiger partial charge on any atom is -0.396 e. The molecule has 5 heteroatoms. The Morgan fingerprint density at radius 1 is 1.00 bits per heavy atom. The quantitative estimate of drug-likeness (QED) is 0.386. The summed E-state index contributed by atoms with van der Waals surface area (Å²) in [7, 11) is 0. The van der Waals surface area contributed by atoms with Gasteiger partial charge in [-0.25, -0.2) is 0 Å². The molecule has 0 bridgehead atoms. The third-order valence-corrected chi connectivity index (χ3v) is 8.13. The van der Waals surface area contributed by atoms with Crippen molar-refractivity contribution in [2.24, 2.45) is 17.8 Å². The van der Waals surface area contributed by atoms with Crippen LogP contribution in [0.25, 0.3) is 0 Å². The maximum absolute atomic E-state index is 13.6. The number of rotatable bonds is 11. The molecule has 35 heavy (non-hydrogen) atoms. The lowest BCUT2D eigenvalue weighted by molar-refractivity contribution is -0.128. The van der Waals surface area contributed by atoms with Gasteiger partial charge in [-0.1, -0.05) is 86.7 Å². The molecule has 190 valence electrons. The van der Waals surface area contributed by atoms with Gasteiger partial charge in [0.1, 0.15) is 0 Å². The Kier molecular flexibility index (Phi) is 9.36. The van der Waals surface area contributed by atoms with Crippen LogP contribution in [0, 0.1) is 17.8 Å². The predicted octanol–water partition coefficient (Wildman–Crippen LogP) is 4.34. The molecule has 1 fully saturated rings. The van der Waals surface area contributed by atoms with E-state index in [9.17, 15) is 20.1 Å². The molecule has 0 radical (unpaired) electrons. The van der Waals surface area contributed by atoms with Crippen LogP contribution in [0.1, 0.15) is 74.1 Å². The molecule has 2 aliphatic rings. The number of benzene rings is 2. The van der Waals surface area contributed by atoms with E-state index in [1.54, 1.807) is 0 Å². The van der Waals surface area contributed by atoms with Gasteiger partial charge in [0.15, 0.2) is 0 Å². The normalized spacial score (nSPS) is 22.8. The molecule has 0 heterocycles. The number of nitrogens with one attached hydrogen (secondary N) is 1. The van der Waals surface area contributed by atoms with E-state index >= 15 is 0 Å². The molecule has 0 aromatic heterocycles. The van der Waals surface area contributed by atoms with Gasteiger partial charge in [-0.3, -0.25) is 4.79 Å². The Balaban J connectivity index is 1.47. The van der Waals surface area contributed by atoms with Crippen LogP contribution in [0.4, 0.5) is 0 Å². The number of aliphatic hydroxyl groups excluding tert-OH is 3. The van der Waals surface area contributed by atoms with Crippen molar-refractivity contribution in [3.05, 3.63) is 71.3 Å². The number of aliphatic hydroxyl groups is 3. The van der Waals surface area contributed by atoms with Gasteiger partial charge in [0.2, 0.25) is 5.91 Å². The van der Waals surface area contributed by atoms with Crippen LogP contribution in [0.2, 0.25) is 0 Å². The molecule has 0 spiro atoms. The lowest BCUT2D eigenvalue weighted by Gasteiger charge is -2.31. The summed E-state index contributed by atoms with van der Waals surface area (Å²) in [5.74, 6) is 0.0439. The van der Waals surface area contributed by atoms with Gasteiger partial charge in [-0.05, 0) is 54.2 Å². The fourth-order valence-corrected chi connectivity index (χ4v) is 6.17. The van der Waals surface area contributed by atoms with Crippen molar-refractivity contribution in [1.82, 2.24) is 5.32 Å². The minimum atomic E-state index is -0.649. The van der Waals surface area contributed by atoms with E-state index in [-0.39, 0.29) is 18.4 Å². The second kappa shape index (κ2) is 12.7. The third-order valence-electron chi connectivity index (χ3n) is 8.13. The van der Waals surface area contributed by atoms with Crippen LogP contribution in [-0.2, 0) is 17.6 Å². The predicted molar refractivity (Wildman–Crippen MR) is 138 cm³/mol. The van der Waals surface area contributed by atoms with E-state index in [2.05, 4.69) is 5.32 Å². The highest BCUT2D eigenvalue weighted by molar-refractivity contribution is 5.79. The maximum Gasteiger partial charge on any atom is 0.224 e. The molecule has 4 N–H and O–H groups in total. The third kappa shape index (κ3) is 6.93. The van der Waals surface area contributed by atoms with Crippen molar-refractivity contribution in [3.8, 4) is 0 Å². The van der Waals surface area contributed by atoms with E-state index < -0.39 is 24.2 Å². The van der Waals surface area contributed by atoms with E-state index in [1.807, 2.05) is 54.6 Å². The first kappa shape index (κ1) is 25.9. The van der Waals surface area contributed by atoms with Gasteiger partial charge in [-0.15, -0.1) is 0 Å². The van der Waals surface area contributed by atoms with Crippen molar-refractivity contribution in [3.63, 3.8) is 0 Å². The topological polar surface area (TPSA) is 89.8 Å². The molecule has 2 aromatic rings.